The molecular formula is C22H19N5O2. The number of aryl methyl sites for hydroxylation is 1. The van der Waals surface area contributed by atoms with Crippen molar-refractivity contribution < 1.29 is 9.59 Å². The third-order valence-corrected chi connectivity index (χ3v) is 5.07. The van der Waals surface area contributed by atoms with Gasteiger partial charge >= 0.3 is 0 Å². The first kappa shape index (κ1) is 18.4. The summed E-state index contributed by atoms with van der Waals surface area (Å²) >= 11 is 0. The average molecular weight is 385 g/mol. The quantitative estimate of drug-likeness (QED) is 0.698. The van der Waals surface area contributed by atoms with Gasteiger partial charge < -0.3 is 10.2 Å². The van der Waals surface area contributed by atoms with Crippen molar-refractivity contribution in [3.05, 3.63) is 59.8 Å². The van der Waals surface area contributed by atoms with E-state index in [4.69, 9.17) is 5.26 Å². The predicted octanol–water partition coefficient (Wildman–Crippen LogP) is 3.23. The van der Waals surface area contributed by atoms with Gasteiger partial charge in [-0.1, -0.05) is 24.8 Å². The van der Waals surface area contributed by atoms with E-state index in [1.807, 2.05) is 43.6 Å². The maximum atomic E-state index is 13.1. The molecule has 1 aliphatic rings. The first-order valence-electron chi connectivity index (χ1n) is 9.11. The number of nitrogens with one attached hydrogen (secondary N) is 1. The second-order valence-electron chi connectivity index (χ2n) is 7.11. The molecule has 0 radical (unpaired) electrons. The maximum Gasteiger partial charge on any atom is 0.256 e. The van der Waals surface area contributed by atoms with E-state index in [9.17, 15) is 9.59 Å². The van der Waals surface area contributed by atoms with Crippen LogP contribution >= 0.6 is 0 Å². The fraction of sp³-hybridized carbons (Fsp3) is 0.182. The van der Waals surface area contributed by atoms with Gasteiger partial charge in [-0.3, -0.25) is 14.3 Å². The Morgan fingerprint density at radius 3 is 2.86 bits per heavy atom. The van der Waals surface area contributed by atoms with Gasteiger partial charge in [-0.2, -0.15) is 10.4 Å². The highest BCUT2D eigenvalue weighted by molar-refractivity contribution is 6.08. The van der Waals surface area contributed by atoms with E-state index in [1.54, 1.807) is 15.6 Å². The number of carbonyl (C=O) groups is 2. The monoisotopic (exact) mass is 385 g/mol. The molecule has 0 atom stereocenters. The Balaban J connectivity index is 1.86. The van der Waals surface area contributed by atoms with Gasteiger partial charge in [0.25, 0.3) is 5.91 Å². The summed E-state index contributed by atoms with van der Waals surface area (Å²) in [6, 6.07) is 11.7. The van der Waals surface area contributed by atoms with Crippen molar-refractivity contribution in [2.75, 3.05) is 11.9 Å². The highest BCUT2D eigenvalue weighted by Gasteiger charge is 2.33. The molecule has 0 bridgehead atoms. The van der Waals surface area contributed by atoms with Crippen molar-refractivity contribution in [3.8, 4) is 17.2 Å². The van der Waals surface area contributed by atoms with E-state index in [0.717, 1.165) is 27.6 Å². The molecule has 3 aromatic rings. The first-order valence-corrected chi connectivity index (χ1v) is 9.11. The van der Waals surface area contributed by atoms with E-state index < -0.39 is 0 Å². The number of rotatable bonds is 4. The molecule has 0 saturated heterocycles. The second kappa shape index (κ2) is 6.91. The van der Waals surface area contributed by atoms with Gasteiger partial charge in [0.1, 0.15) is 0 Å². The van der Waals surface area contributed by atoms with Crippen molar-refractivity contribution in [3.63, 3.8) is 0 Å². The number of nitrogens with zero attached hydrogens (tertiary/aromatic N) is 4. The summed E-state index contributed by atoms with van der Waals surface area (Å²) < 4.78 is 1.80. The zero-order valence-electron chi connectivity index (χ0n) is 16.2. The third-order valence-electron chi connectivity index (χ3n) is 5.07. The van der Waals surface area contributed by atoms with Crippen LogP contribution in [0.5, 0.6) is 0 Å². The Labute approximate surface area is 167 Å². The van der Waals surface area contributed by atoms with Gasteiger partial charge in [-0.25, -0.2) is 0 Å². The molecule has 2 amide bonds. The number of nitriles is 1. The minimum Gasteiger partial charge on any atom is -0.329 e. The van der Waals surface area contributed by atoms with Crippen LogP contribution in [0.4, 0.5) is 5.69 Å². The Kier molecular flexibility index (Phi) is 4.40. The summed E-state index contributed by atoms with van der Waals surface area (Å²) in [7, 11) is 1.88. The lowest BCUT2D eigenvalue weighted by atomic mass is 9.95. The van der Waals surface area contributed by atoms with Crippen LogP contribution in [0.25, 0.3) is 22.0 Å². The normalized spacial score (nSPS) is 12.7. The van der Waals surface area contributed by atoms with Crippen molar-refractivity contribution in [1.82, 2.24) is 14.7 Å². The SMILES string of the molecule is C=C(C#N)CN1Cc2c(-c3ccc4cnn(C)c4c3)ccc(NC(C)=O)c2C1=O. The maximum absolute atomic E-state index is 13.1. The number of carbonyl (C=O) groups excluding carboxylic acids is 2. The summed E-state index contributed by atoms with van der Waals surface area (Å²) in [6.07, 6.45) is 1.81. The molecular weight excluding hydrogens is 366 g/mol. The highest BCUT2D eigenvalue weighted by atomic mass is 16.2. The van der Waals surface area contributed by atoms with Crippen LogP contribution in [0.1, 0.15) is 22.8 Å². The van der Waals surface area contributed by atoms with E-state index in [0.29, 0.717) is 23.4 Å². The van der Waals surface area contributed by atoms with E-state index >= 15 is 0 Å². The average Bonchev–Trinajstić information content (AvgIpc) is 3.22. The van der Waals surface area contributed by atoms with Gasteiger partial charge in [-0.15, -0.1) is 0 Å². The smallest absolute Gasteiger partial charge is 0.256 e. The molecule has 1 aromatic heterocycles. The van der Waals surface area contributed by atoms with Crippen LogP contribution in [-0.4, -0.2) is 33.0 Å². The number of amides is 2. The van der Waals surface area contributed by atoms with Gasteiger partial charge in [-0.05, 0) is 28.8 Å². The van der Waals surface area contributed by atoms with Crippen LogP contribution in [0.3, 0.4) is 0 Å². The van der Waals surface area contributed by atoms with Crippen molar-refractivity contribution >= 4 is 28.4 Å². The number of anilines is 1. The van der Waals surface area contributed by atoms with Crippen molar-refractivity contribution in [2.45, 2.75) is 13.5 Å². The molecule has 144 valence electrons. The Bertz CT molecular complexity index is 1230. The van der Waals surface area contributed by atoms with Gasteiger partial charge in [0.05, 0.1) is 35.6 Å². The number of hydrogen-bond acceptors (Lipinski definition) is 4. The van der Waals surface area contributed by atoms with E-state index in [1.165, 1.54) is 6.92 Å². The molecule has 0 unspecified atom stereocenters. The molecule has 0 fully saturated rings. The molecule has 0 aliphatic carbocycles. The molecule has 2 aromatic carbocycles. The number of hydrogen-bond donors (Lipinski definition) is 1. The molecule has 0 saturated carbocycles. The minimum absolute atomic E-state index is 0.156. The Morgan fingerprint density at radius 2 is 2.14 bits per heavy atom. The fourth-order valence-electron chi connectivity index (χ4n) is 3.75. The van der Waals surface area contributed by atoms with Gasteiger partial charge in [0, 0.05) is 31.5 Å². The minimum atomic E-state index is -0.246. The fourth-order valence-corrected chi connectivity index (χ4v) is 3.75. The van der Waals surface area contributed by atoms with Crippen molar-refractivity contribution in [2.24, 2.45) is 7.05 Å². The molecule has 1 aliphatic heterocycles. The van der Waals surface area contributed by atoms with Crippen LogP contribution in [-0.2, 0) is 18.4 Å². The van der Waals surface area contributed by atoms with E-state index in [-0.39, 0.29) is 18.4 Å². The second-order valence-corrected chi connectivity index (χ2v) is 7.11. The molecule has 4 rings (SSSR count). The standard InChI is InChI=1S/C22H19N5O2/c1-13(9-23)11-27-12-18-17(6-7-19(25-14(2)28)21(18)22(27)29)15-4-5-16-10-24-26(3)20(16)8-15/h4-8,10H,1,11-12H2,2-3H3,(H,25,28). The summed E-state index contributed by atoms with van der Waals surface area (Å²) in [5, 5.41) is 17.1. The summed E-state index contributed by atoms with van der Waals surface area (Å²) in [5.74, 6) is -0.465. The van der Waals surface area contributed by atoms with Crippen LogP contribution in [0, 0.1) is 11.3 Å². The Hall–Kier alpha value is -3.92. The number of fused-ring (bicyclic) bond motifs is 2. The predicted molar refractivity (Wildman–Crippen MR) is 110 cm³/mol. The van der Waals surface area contributed by atoms with Crippen molar-refractivity contribution in [1.29, 1.82) is 5.26 Å². The highest BCUT2D eigenvalue weighted by Crippen LogP contribution is 2.38. The first-order chi connectivity index (χ1) is 13.9. The largest absolute Gasteiger partial charge is 0.329 e. The zero-order chi connectivity index (χ0) is 20.7. The molecule has 2 heterocycles. The summed E-state index contributed by atoms with van der Waals surface area (Å²) in [6.45, 7) is 5.60. The lowest BCUT2D eigenvalue weighted by Crippen LogP contribution is -2.26. The molecule has 1 N–H and O–H groups in total. The van der Waals surface area contributed by atoms with Crippen LogP contribution in [0.15, 0.2) is 48.7 Å². The molecule has 7 nitrogen and oxygen atoms in total. The number of aromatic nitrogens is 2. The summed E-state index contributed by atoms with van der Waals surface area (Å²) in [4.78, 5) is 26.3. The molecule has 29 heavy (non-hydrogen) atoms. The molecule has 0 spiro atoms. The molecule has 7 heteroatoms. The zero-order valence-corrected chi connectivity index (χ0v) is 16.2. The van der Waals surface area contributed by atoms with Gasteiger partial charge in [0.2, 0.25) is 5.91 Å². The lowest BCUT2D eigenvalue weighted by Gasteiger charge is -2.14. The topological polar surface area (TPSA) is 91.0 Å². The van der Waals surface area contributed by atoms with Crippen LogP contribution in [0.2, 0.25) is 0 Å². The van der Waals surface area contributed by atoms with Gasteiger partial charge in [0.15, 0.2) is 0 Å². The Morgan fingerprint density at radius 1 is 1.34 bits per heavy atom. The van der Waals surface area contributed by atoms with Crippen LogP contribution < -0.4 is 5.32 Å². The third kappa shape index (κ3) is 3.15. The lowest BCUT2D eigenvalue weighted by molar-refractivity contribution is -0.114. The summed E-state index contributed by atoms with van der Waals surface area (Å²) in [5.41, 5.74) is 4.94. The number of benzene rings is 2. The van der Waals surface area contributed by atoms with E-state index in [2.05, 4.69) is 17.0 Å².